The van der Waals surface area contributed by atoms with Gasteiger partial charge in [0, 0.05) is 18.0 Å². The fourth-order valence-electron chi connectivity index (χ4n) is 1.58. The van der Waals surface area contributed by atoms with E-state index in [0.29, 0.717) is 5.56 Å². The summed E-state index contributed by atoms with van der Waals surface area (Å²) >= 11 is 0. The minimum Gasteiger partial charge on any atom is -0.478 e. The van der Waals surface area contributed by atoms with Crippen molar-refractivity contribution in [1.29, 1.82) is 0 Å². The molecule has 1 amide bonds. The lowest BCUT2D eigenvalue weighted by Crippen LogP contribution is -2.16. The average molecular weight is 273 g/mol. The Hall–Kier alpha value is -2.96. The van der Waals surface area contributed by atoms with E-state index in [0.717, 1.165) is 0 Å². The van der Waals surface area contributed by atoms with E-state index in [1.807, 2.05) is 0 Å². The molecule has 7 nitrogen and oxygen atoms in total. The van der Waals surface area contributed by atoms with Crippen molar-refractivity contribution in [1.82, 2.24) is 9.97 Å². The van der Waals surface area contributed by atoms with Crippen molar-refractivity contribution in [3.8, 4) is 0 Å². The molecule has 0 aliphatic carbocycles. The second-order valence-corrected chi connectivity index (χ2v) is 4.02. The average Bonchev–Trinajstić information content (AvgIpc) is 2.89. The lowest BCUT2D eigenvalue weighted by molar-refractivity contribution is 0.0697. The molecule has 0 saturated carbocycles. The zero-order valence-electron chi connectivity index (χ0n) is 10.5. The van der Waals surface area contributed by atoms with Crippen LogP contribution in [0.5, 0.6) is 0 Å². The van der Waals surface area contributed by atoms with Crippen LogP contribution in [-0.4, -0.2) is 32.7 Å². The third kappa shape index (κ3) is 2.72. The number of carbonyl (C=O) groups is 3. The highest BCUT2D eigenvalue weighted by Crippen LogP contribution is 2.13. The Labute approximate surface area is 113 Å². The molecule has 0 fully saturated rings. The van der Waals surface area contributed by atoms with E-state index >= 15 is 0 Å². The summed E-state index contributed by atoms with van der Waals surface area (Å²) in [5, 5.41) is 11.4. The molecule has 3 N–H and O–H groups in total. The van der Waals surface area contributed by atoms with Crippen LogP contribution < -0.4 is 5.32 Å². The number of carboxylic acid groups (broad SMARTS) is 1. The molecule has 2 aromatic heterocycles. The number of nitrogens with one attached hydrogen (secondary N) is 2. The first-order valence-corrected chi connectivity index (χ1v) is 5.68. The van der Waals surface area contributed by atoms with Crippen LogP contribution in [0.4, 0.5) is 5.82 Å². The van der Waals surface area contributed by atoms with E-state index in [2.05, 4.69) is 15.3 Å². The van der Waals surface area contributed by atoms with Gasteiger partial charge in [-0.15, -0.1) is 0 Å². The Morgan fingerprint density at radius 3 is 2.70 bits per heavy atom. The number of rotatable bonds is 4. The number of carboxylic acids is 1. The van der Waals surface area contributed by atoms with Gasteiger partial charge in [-0.2, -0.15) is 0 Å². The van der Waals surface area contributed by atoms with E-state index in [1.165, 1.54) is 37.5 Å². The summed E-state index contributed by atoms with van der Waals surface area (Å²) in [6.45, 7) is 1.38. The molecule has 7 heteroatoms. The van der Waals surface area contributed by atoms with Gasteiger partial charge in [0.25, 0.3) is 5.91 Å². The van der Waals surface area contributed by atoms with Crippen LogP contribution in [-0.2, 0) is 0 Å². The molecule has 102 valence electrons. The number of H-pyrrole nitrogens is 1. The second-order valence-electron chi connectivity index (χ2n) is 4.02. The van der Waals surface area contributed by atoms with Gasteiger partial charge in [-0.05, 0) is 25.1 Å². The van der Waals surface area contributed by atoms with Crippen LogP contribution in [0.1, 0.15) is 38.1 Å². The number of aromatic carboxylic acids is 1. The van der Waals surface area contributed by atoms with E-state index in [9.17, 15) is 14.4 Å². The van der Waals surface area contributed by atoms with Crippen LogP contribution in [0.25, 0.3) is 0 Å². The number of ketones is 1. The van der Waals surface area contributed by atoms with Crippen LogP contribution in [0.2, 0.25) is 0 Å². The van der Waals surface area contributed by atoms with Gasteiger partial charge in [0.05, 0.1) is 0 Å². The predicted octanol–water partition coefficient (Wildman–Crippen LogP) is 1.56. The molecule has 0 bridgehead atoms. The molecular weight excluding hydrogens is 262 g/mol. The van der Waals surface area contributed by atoms with Crippen molar-refractivity contribution in [3.05, 3.63) is 47.4 Å². The van der Waals surface area contributed by atoms with Crippen molar-refractivity contribution in [2.24, 2.45) is 0 Å². The first-order chi connectivity index (χ1) is 9.49. The quantitative estimate of drug-likeness (QED) is 0.732. The molecule has 0 aliphatic heterocycles. The summed E-state index contributed by atoms with van der Waals surface area (Å²) < 4.78 is 0. The lowest BCUT2D eigenvalue weighted by Gasteiger charge is -2.05. The number of carbonyl (C=O) groups excluding carboxylic acids is 2. The third-order valence-electron chi connectivity index (χ3n) is 2.60. The minimum atomic E-state index is -1.19. The predicted molar refractivity (Wildman–Crippen MR) is 69.9 cm³/mol. The summed E-state index contributed by atoms with van der Waals surface area (Å²) in [6.07, 6.45) is 2.78. The van der Waals surface area contributed by atoms with Crippen molar-refractivity contribution in [3.63, 3.8) is 0 Å². The van der Waals surface area contributed by atoms with Gasteiger partial charge < -0.3 is 15.4 Å². The van der Waals surface area contributed by atoms with Crippen LogP contribution >= 0.6 is 0 Å². The fraction of sp³-hybridized carbons (Fsp3) is 0.0769. The molecular formula is C13H11N3O4. The van der Waals surface area contributed by atoms with Gasteiger partial charge in [0.2, 0.25) is 0 Å². The zero-order valence-corrected chi connectivity index (χ0v) is 10.5. The lowest BCUT2D eigenvalue weighted by atomic mass is 10.2. The summed E-state index contributed by atoms with van der Waals surface area (Å²) in [7, 11) is 0. The van der Waals surface area contributed by atoms with Crippen molar-refractivity contribution in [2.45, 2.75) is 6.92 Å². The van der Waals surface area contributed by atoms with Gasteiger partial charge in [-0.1, -0.05) is 0 Å². The molecule has 2 heterocycles. The maximum absolute atomic E-state index is 11.9. The van der Waals surface area contributed by atoms with Gasteiger partial charge in [-0.3, -0.25) is 9.59 Å². The normalized spacial score (nSPS) is 10.1. The Morgan fingerprint density at radius 2 is 2.10 bits per heavy atom. The molecule has 0 aliphatic rings. The Morgan fingerprint density at radius 1 is 1.35 bits per heavy atom. The first kappa shape index (κ1) is 13.5. The Bertz CT molecular complexity index is 690. The van der Waals surface area contributed by atoms with E-state index < -0.39 is 11.9 Å². The smallest absolute Gasteiger partial charge is 0.339 e. The maximum Gasteiger partial charge on any atom is 0.339 e. The molecule has 2 rings (SSSR count). The number of hydrogen-bond acceptors (Lipinski definition) is 4. The number of hydrogen-bond donors (Lipinski definition) is 3. The van der Waals surface area contributed by atoms with Crippen LogP contribution in [0.15, 0.2) is 30.6 Å². The number of nitrogens with zero attached hydrogens (tertiary/aromatic N) is 1. The fourth-order valence-corrected chi connectivity index (χ4v) is 1.58. The van der Waals surface area contributed by atoms with Crippen molar-refractivity contribution in [2.75, 3.05) is 5.32 Å². The van der Waals surface area contributed by atoms with Crippen LogP contribution in [0.3, 0.4) is 0 Å². The van der Waals surface area contributed by atoms with Crippen LogP contribution in [0, 0.1) is 0 Å². The second kappa shape index (κ2) is 5.35. The van der Waals surface area contributed by atoms with Gasteiger partial charge in [-0.25, -0.2) is 9.78 Å². The largest absolute Gasteiger partial charge is 0.478 e. The number of aromatic amines is 1. The monoisotopic (exact) mass is 273 g/mol. The number of pyridine rings is 1. The molecule has 0 spiro atoms. The van der Waals surface area contributed by atoms with E-state index in [4.69, 9.17) is 5.11 Å². The van der Waals surface area contributed by atoms with Gasteiger partial charge in [0.1, 0.15) is 17.1 Å². The maximum atomic E-state index is 11.9. The number of Topliss-reactive ketones (excluding diaryl/α,β-unsaturated/α-hetero) is 1. The SMILES string of the molecule is CC(=O)c1c[nH]c(C(=O)Nc2ncccc2C(=O)O)c1. The number of amides is 1. The molecule has 0 atom stereocenters. The third-order valence-corrected chi connectivity index (χ3v) is 2.60. The standard InChI is InChI=1S/C13H11N3O4/c1-7(17)8-5-10(15-6-8)12(18)16-11-9(13(19)20)3-2-4-14-11/h2-6,15H,1H3,(H,19,20)(H,14,16,18). The van der Waals surface area contributed by atoms with Gasteiger partial charge in [0.15, 0.2) is 5.78 Å². The Balaban J connectivity index is 2.23. The molecule has 0 radical (unpaired) electrons. The summed E-state index contributed by atoms with van der Waals surface area (Å²) in [4.78, 5) is 40.5. The summed E-state index contributed by atoms with van der Waals surface area (Å²) in [5.74, 6) is -1.99. The zero-order chi connectivity index (χ0) is 14.7. The molecule has 2 aromatic rings. The first-order valence-electron chi connectivity index (χ1n) is 5.68. The minimum absolute atomic E-state index is 0.0519. The van der Waals surface area contributed by atoms with E-state index in [-0.39, 0.29) is 22.9 Å². The highest BCUT2D eigenvalue weighted by Gasteiger charge is 2.16. The Kier molecular flexibility index (Phi) is 3.60. The van der Waals surface area contributed by atoms with Gasteiger partial charge >= 0.3 is 5.97 Å². The highest BCUT2D eigenvalue weighted by molar-refractivity contribution is 6.07. The summed E-state index contributed by atoms with van der Waals surface area (Å²) in [6, 6.07) is 4.18. The molecule has 0 unspecified atom stereocenters. The molecule has 20 heavy (non-hydrogen) atoms. The number of anilines is 1. The van der Waals surface area contributed by atoms with Crippen molar-refractivity contribution < 1.29 is 19.5 Å². The summed E-state index contributed by atoms with van der Waals surface area (Å²) in [5.41, 5.74) is 0.408. The van der Waals surface area contributed by atoms with Crippen molar-refractivity contribution >= 4 is 23.5 Å². The topological polar surface area (TPSA) is 112 Å². The number of aromatic nitrogens is 2. The molecule has 0 saturated heterocycles. The highest BCUT2D eigenvalue weighted by atomic mass is 16.4. The van der Waals surface area contributed by atoms with E-state index in [1.54, 1.807) is 0 Å². The molecule has 0 aromatic carbocycles.